The number of carbonyl (C=O) groups is 2. The Morgan fingerprint density at radius 3 is 2.56 bits per heavy atom. The third kappa shape index (κ3) is 5.66. The van der Waals surface area contributed by atoms with Gasteiger partial charge in [0.2, 0.25) is 0 Å². The minimum Gasteiger partial charge on any atom is -0.489 e. The maximum atomic E-state index is 12.3. The number of nitrogens with one attached hydrogen (secondary N) is 1. The van der Waals surface area contributed by atoms with Crippen molar-refractivity contribution in [2.24, 2.45) is 4.99 Å². The summed E-state index contributed by atoms with van der Waals surface area (Å²) in [5.74, 6) is -0.513. The van der Waals surface area contributed by atoms with Gasteiger partial charge in [0.15, 0.2) is 5.17 Å². The first-order valence-electron chi connectivity index (χ1n) is 9.56. The number of rotatable bonds is 6. The topological polar surface area (TPSA) is 88.0 Å². The summed E-state index contributed by atoms with van der Waals surface area (Å²) in [4.78, 5) is 28.4. The van der Waals surface area contributed by atoms with Crippen LogP contribution in [0.2, 0.25) is 0 Å². The first-order chi connectivity index (χ1) is 15.5. The number of aromatic carboxylic acids is 1. The Kier molecular flexibility index (Phi) is 6.72. The molecule has 8 heteroatoms. The maximum Gasteiger partial charge on any atom is 0.335 e. The van der Waals surface area contributed by atoms with E-state index in [4.69, 9.17) is 9.84 Å². The Morgan fingerprint density at radius 2 is 1.84 bits per heavy atom. The number of carbonyl (C=O) groups excluding carboxylic acids is 1. The van der Waals surface area contributed by atoms with Crippen molar-refractivity contribution in [3.8, 4) is 5.75 Å². The van der Waals surface area contributed by atoms with Crippen molar-refractivity contribution in [2.75, 3.05) is 0 Å². The lowest BCUT2D eigenvalue weighted by Crippen LogP contribution is -2.19. The molecule has 2 N–H and O–H groups in total. The SMILES string of the molecule is O=C1NC(=Nc2ccc(Br)cc2)S/C1=C\c1ccc(OCc2cccc(C(=O)O)c2)cc1. The van der Waals surface area contributed by atoms with Gasteiger partial charge in [-0.25, -0.2) is 9.79 Å². The maximum absolute atomic E-state index is 12.3. The number of halogens is 1. The molecule has 0 aromatic heterocycles. The van der Waals surface area contributed by atoms with E-state index < -0.39 is 5.97 Å². The Morgan fingerprint density at radius 1 is 1.09 bits per heavy atom. The van der Waals surface area contributed by atoms with Gasteiger partial charge in [0.1, 0.15) is 12.4 Å². The van der Waals surface area contributed by atoms with Crippen LogP contribution in [0.5, 0.6) is 5.75 Å². The first-order valence-corrected chi connectivity index (χ1v) is 11.2. The predicted octanol–water partition coefficient (Wildman–Crippen LogP) is 5.62. The fourth-order valence-corrected chi connectivity index (χ4v) is 3.99. The summed E-state index contributed by atoms with van der Waals surface area (Å²) in [5, 5.41) is 12.4. The van der Waals surface area contributed by atoms with Gasteiger partial charge in [-0.05, 0) is 77.5 Å². The summed E-state index contributed by atoms with van der Waals surface area (Å²) >= 11 is 4.67. The molecular formula is C24H17BrN2O4S. The normalized spacial score (nSPS) is 15.7. The van der Waals surface area contributed by atoms with E-state index in [-0.39, 0.29) is 18.1 Å². The van der Waals surface area contributed by atoms with Gasteiger partial charge in [-0.3, -0.25) is 4.79 Å². The zero-order valence-electron chi connectivity index (χ0n) is 16.6. The number of hydrogen-bond donors (Lipinski definition) is 2. The molecule has 1 aliphatic rings. The molecule has 4 rings (SSSR count). The van der Waals surface area contributed by atoms with Gasteiger partial charge < -0.3 is 15.2 Å². The molecule has 32 heavy (non-hydrogen) atoms. The van der Waals surface area contributed by atoms with Crippen molar-refractivity contribution < 1.29 is 19.4 Å². The lowest BCUT2D eigenvalue weighted by atomic mass is 10.1. The number of hydrogen-bond acceptors (Lipinski definition) is 5. The molecule has 3 aromatic rings. The lowest BCUT2D eigenvalue weighted by Gasteiger charge is -2.07. The summed E-state index contributed by atoms with van der Waals surface area (Å²) in [6.07, 6.45) is 1.80. The second kappa shape index (κ2) is 9.84. The van der Waals surface area contributed by atoms with Gasteiger partial charge in [0.25, 0.3) is 5.91 Å². The van der Waals surface area contributed by atoms with Crippen LogP contribution < -0.4 is 10.1 Å². The number of nitrogens with zero attached hydrogens (tertiary/aromatic N) is 1. The summed E-state index contributed by atoms with van der Waals surface area (Å²) in [7, 11) is 0. The summed E-state index contributed by atoms with van der Waals surface area (Å²) in [6, 6.07) is 21.5. The molecule has 160 valence electrons. The number of ether oxygens (including phenoxy) is 1. The molecule has 0 spiro atoms. The fourth-order valence-electron chi connectivity index (χ4n) is 2.89. The van der Waals surface area contributed by atoms with Crippen LogP contribution in [0.4, 0.5) is 5.69 Å². The quantitative estimate of drug-likeness (QED) is 0.422. The molecule has 1 heterocycles. The number of amidine groups is 1. The summed E-state index contributed by atoms with van der Waals surface area (Å²) in [5.41, 5.74) is 2.61. The van der Waals surface area contributed by atoms with E-state index in [9.17, 15) is 9.59 Å². The van der Waals surface area contributed by atoms with Crippen LogP contribution in [-0.2, 0) is 11.4 Å². The molecule has 0 atom stereocenters. The molecule has 0 bridgehead atoms. The Hall–Kier alpha value is -3.36. The first kappa shape index (κ1) is 21.9. The second-order valence-corrected chi connectivity index (χ2v) is 8.77. The minimum absolute atomic E-state index is 0.190. The number of aliphatic imine (C=N–C) groups is 1. The Balaban J connectivity index is 1.39. The molecule has 0 radical (unpaired) electrons. The number of carboxylic acid groups (broad SMARTS) is 1. The van der Waals surface area contributed by atoms with Gasteiger partial charge in [-0.1, -0.05) is 40.2 Å². The third-order valence-corrected chi connectivity index (χ3v) is 5.90. The average Bonchev–Trinajstić information content (AvgIpc) is 3.13. The van der Waals surface area contributed by atoms with E-state index in [0.717, 1.165) is 21.3 Å². The lowest BCUT2D eigenvalue weighted by molar-refractivity contribution is -0.115. The van der Waals surface area contributed by atoms with Crippen LogP contribution in [0.25, 0.3) is 6.08 Å². The van der Waals surface area contributed by atoms with E-state index in [0.29, 0.717) is 15.8 Å². The number of thioether (sulfide) groups is 1. The van der Waals surface area contributed by atoms with Crippen molar-refractivity contribution in [3.63, 3.8) is 0 Å². The van der Waals surface area contributed by atoms with Gasteiger partial charge in [-0.2, -0.15) is 0 Å². The second-order valence-electron chi connectivity index (χ2n) is 6.82. The van der Waals surface area contributed by atoms with Crippen molar-refractivity contribution >= 4 is 56.5 Å². The Labute approximate surface area is 197 Å². The highest BCUT2D eigenvalue weighted by molar-refractivity contribution is 9.10. The zero-order chi connectivity index (χ0) is 22.5. The predicted molar refractivity (Wildman–Crippen MR) is 129 cm³/mol. The van der Waals surface area contributed by atoms with Crippen LogP contribution in [0.15, 0.2) is 87.2 Å². The zero-order valence-corrected chi connectivity index (χ0v) is 19.0. The molecule has 3 aromatic carbocycles. The van der Waals surface area contributed by atoms with Crippen LogP contribution in [0.1, 0.15) is 21.5 Å². The summed E-state index contributed by atoms with van der Waals surface area (Å²) in [6.45, 7) is 0.260. The molecule has 1 amide bonds. The van der Waals surface area contributed by atoms with Gasteiger partial charge in [-0.15, -0.1) is 0 Å². The highest BCUT2D eigenvalue weighted by atomic mass is 79.9. The number of carboxylic acids is 1. The van der Waals surface area contributed by atoms with Crippen molar-refractivity contribution in [2.45, 2.75) is 6.61 Å². The number of benzene rings is 3. The van der Waals surface area contributed by atoms with Crippen molar-refractivity contribution in [3.05, 3.63) is 98.9 Å². The van der Waals surface area contributed by atoms with E-state index >= 15 is 0 Å². The van der Waals surface area contributed by atoms with Crippen LogP contribution in [0.3, 0.4) is 0 Å². The highest BCUT2D eigenvalue weighted by Gasteiger charge is 2.23. The fraction of sp³-hybridized carbons (Fsp3) is 0.0417. The molecular weight excluding hydrogens is 492 g/mol. The molecule has 0 unspecified atom stereocenters. The Bertz CT molecular complexity index is 1220. The third-order valence-electron chi connectivity index (χ3n) is 4.47. The summed E-state index contributed by atoms with van der Waals surface area (Å²) < 4.78 is 6.71. The molecule has 1 saturated heterocycles. The molecule has 0 aliphatic carbocycles. The molecule has 6 nitrogen and oxygen atoms in total. The number of amides is 1. The van der Waals surface area contributed by atoms with Crippen molar-refractivity contribution in [1.82, 2.24) is 5.32 Å². The van der Waals surface area contributed by atoms with E-state index in [1.165, 1.54) is 11.8 Å². The largest absolute Gasteiger partial charge is 0.489 e. The van der Waals surface area contributed by atoms with E-state index in [2.05, 4.69) is 26.2 Å². The minimum atomic E-state index is -0.969. The molecule has 0 saturated carbocycles. The van der Waals surface area contributed by atoms with E-state index in [1.807, 2.05) is 54.6 Å². The van der Waals surface area contributed by atoms with Gasteiger partial charge in [0, 0.05) is 4.47 Å². The smallest absolute Gasteiger partial charge is 0.335 e. The van der Waals surface area contributed by atoms with Gasteiger partial charge in [0.05, 0.1) is 16.2 Å². The van der Waals surface area contributed by atoms with E-state index in [1.54, 1.807) is 24.3 Å². The van der Waals surface area contributed by atoms with Gasteiger partial charge >= 0.3 is 5.97 Å². The van der Waals surface area contributed by atoms with Crippen LogP contribution in [0, 0.1) is 0 Å². The average molecular weight is 509 g/mol. The molecule has 1 aliphatic heterocycles. The standard InChI is InChI=1S/C24H17BrN2O4S/c25-18-6-8-19(9-7-18)26-24-27-22(28)21(32-24)13-15-4-10-20(11-5-15)31-14-16-2-1-3-17(12-16)23(29)30/h1-13H,14H2,(H,29,30)(H,26,27,28)/b21-13-. The van der Waals surface area contributed by atoms with Crippen LogP contribution >= 0.6 is 27.7 Å². The van der Waals surface area contributed by atoms with Crippen molar-refractivity contribution in [1.29, 1.82) is 0 Å². The molecule has 1 fully saturated rings. The monoisotopic (exact) mass is 508 g/mol. The highest BCUT2D eigenvalue weighted by Crippen LogP contribution is 2.29. The van der Waals surface area contributed by atoms with Crippen LogP contribution in [-0.4, -0.2) is 22.2 Å².